The molecule has 0 atom stereocenters. The summed E-state index contributed by atoms with van der Waals surface area (Å²) in [5.41, 5.74) is 5.47. The van der Waals surface area contributed by atoms with E-state index in [0.29, 0.717) is 0 Å². The molecule has 0 saturated heterocycles. The summed E-state index contributed by atoms with van der Waals surface area (Å²) in [5.74, 6) is -1.38. The lowest BCUT2D eigenvalue weighted by molar-refractivity contribution is -0.137. The van der Waals surface area contributed by atoms with Crippen molar-refractivity contribution in [2.75, 3.05) is 18.5 Å². The first kappa shape index (κ1) is 24.8. The third-order valence-electron chi connectivity index (χ3n) is 6.48. The maximum Gasteiger partial charge on any atom is 0.412 e. The number of fused-ring (bicyclic) bond motifs is 3. The first-order valence-corrected chi connectivity index (χ1v) is 12.2. The van der Waals surface area contributed by atoms with E-state index >= 15 is 0 Å². The molecule has 4 aromatic rings. The van der Waals surface area contributed by atoms with E-state index in [4.69, 9.17) is 9.84 Å². The number of aromatic amines is 1. The second-order valence-electron chi connectivity index (χ2n) is 8.97. The van der Waals surface area contributed by atoms with Crippen molar-refractivity contribution in [2.24, 2.45) is 0 Å². The third-order valence-corrected chi connectivity index (χ3v) is 6.48. The van der Waals surface area contributed by atoms with E-state index in [1.54, 1.807) is 0 Å². The quantitative estimate of drug-likeness (QED) is 0.295. The molecule has 9 heteroatoms. The van der Waals surface area contributed by atoms with Gasteiger partial charge in [-0.3, -0.25) is 20.0 Å². The van der Waals surface area contributed by atoms with Crippen LogP contribution in [-0.4, -0.2) is 51.3 Å². The number of carboxylic acids is 1. The molecular weight excluding hydrogens is 484 g/mol. The van der Waals surface area contributed by atoms with Gasteiger partial charge in [-0.05, 0) is 27.8 Å². The van der Waals surface area contributed by atoms with Gasteiger partial charge in [-0.15, -0.1) is 0 Å². The smallest absolute Gasteiger partial charge is 0.412 e. The molecule has 38 heavy (non-hydrogen) atoms. The van der Waals surface area contributed by atoms with E-state index in [2.05, 4.69) is 27.6 Å². The van der Waals surface area contributed by atoms with Crippen LogP contribution in [0.5, 0.6) is 0 Å². The van der Waals surface area contributed by atoms with Crippen molar-refractivity contribution in [2.45, 2.75) is 18.9 Å². The number of aliphatic carboxylic acids is 1. The van der Waals surface area contributed by atoms with Gasteiger partial charge in [-0.25, -0.2) is 4.79 Å². The van der Waals surface area contributed by atoms with Gasteiger partial charge in [0.25, 0.3) is 5.91 Å². The van der Waals surface area contributed by atoms with Gasteiger partial charge in [0.1, 0.15) is 12.3 Å². The van der Waals surface area contributed by atoms with Gasteiger partial charge in [0, 0.05) is 25.1 Å². The normalized spacial score (nSPS) is 11.9. The van der Waals surface area contributed by atoms with Gasteiger partial charge in [0.05, 0.1) is 6.42 Å². The number of hydrogen-bond acceptors (Lipinski definition) is 5. The Morgan fingerprint density at radius 1 is 0.921 bits per heavy atom. The highest BCUT2D eigenvalue weighted by Crippen LogP contribution is 2.44. The highest BCUT2D eigenvalue weighted by atomic mass is 16.5. The number of anilines is 1. The van der Waals surface area contributed by atoms with Crippen molar-refractivity contribution in [3.63, 3.8) is 0 Å². The summed E-state index contributed by atoms with van der Waals surface area (Å²) in [7, 11) is 0. The van der Waals surface area contributed by atoms with Crippen LogP contribution in [0, 0.1) is 0 Å². The molecule has 3 aromatic carbocycles. The van der Waals surface area contributed by atoms with Crippen molar-refractivity contribution in [3.05, 3.63) is 107 Å². The molecule has 5 rings (SSSR count). The highest BCUT2D eigenvalue weighted by Gasteiger charge is 2.29. The molecule has 0 saturated carbocycles. The molecule has 0 radical (unpaired) electrons. The summed E-state index contributed by atoms with van der Waals surface area (Å²) in [6, 6.07) is 26.8. The highest BCUT2D eigenvalue weighted by molar-refractivity contribution is 5.94. The molecule has 192 valence electrons. The Bertz CT molecular complexity index is 1420. The van der Waals surface area contributed by atoms with Crippen LogP contribution >= 0.6 is 0 Å². The minimum atomic E-state index is -1.00. The maximum atomic E-state index is 13.1. The van der Waals surface area contributed by atoms with Crippen LogP contribution in [0.15, 0.2) is 84.9 Å². The topological polar surface area (TPSA) is 125 Å². The minimum absolute atomic E-state index is 0.0250. The number of nitrogens with one attached hydrogen (secondary N) is 2. The van der Waals surface area contributed by atoms with Crippen molar-refractivity contribution in [3.8, 4) is 11.1 Å². The molecule has 0 spiro atoms. The molecule has 0 aliphatic heterocycles. The number of carbonyl (C=O) groups excluding carboxylic acids is 2. The molecule has 2 amide bonds. The van der Waals surface area contributed by atoms with Crippen molar-refractivity contribution in [1.82, 2.24) is 15.1 Å². The van der Waals surface area contributed by atoms with Crippen LogP contribution < -0.4 is 5.32 Å². The van der Waals surface area contributed by atoms with E-state index < -0.39 is 18.0 Å². The first-order valence-electron chi connectivity index (χ1n) is 12.2. The lowest BCUT2D eigenvalue weighted by atomic mass is 9.98. The third kappa shape index (κ3) is 5.41. The van der Waals surface area contributed by atoms with Crippen LogP contribution in [0.4, 0.5) is 10.6 Å². The predicted molar refractivity (Wildman–Crippen MR) is 141 cm³/mol. The average molecular weight is 511 g/mol. The molecule has 1 heterocycles. The van der Waals surface area contributed by atoms with E-state index in [0.717, 1.165) is 27.8 Å². The van der Waals surface area contributed by atoms with Crippen molar-refractivity contribution < 1.29 is 24.2 Å². The van der Waals surface area contributed by atoms with Gasteiger partial charge >= 0.3 is 12.1 Å². The number of hydrogen-bond donors (Lipinski definition) is 3. The lowest BCUT2D eigenvalue weighted by Crippen LogP contribution is -2.32. The van der Waals surface area contributed by atoms with E-state index in [-0.39, 0.29) is 43.5 Å². The minimum Gasteiger partial charge on any atom is -0.481 e. The predicted octanol–water partition coefficient (Wildman–Crippen LogP) is 4.89. The average Bonchev–Trinajstić information content (AvgIpc) is 3.52. The maximum absolute atomic E-state index is 13.1. The summed E-state index contributed by atoms with van der Waals surface area (Å²) in [5, 5.41) is 18.3. The number of nitrogens with zero attached hydrogens (tertiary/aromatic N) is 2. The number of carbonyl (C=O) groups is 3. The summed E-state index contributed by atoms with van der Waals surface area (Å²) in [6.45, 7) is 0.411. The molecule has 0 fully saturated rings. The summed E-state index contributed by atoms with van der Waals surface area (Å²) in [4.78, 5) is 38.2. The lowest BCUT2D eigenvalue weighted by Gasteiger charge is -2.21. The number of ether oxygens (including phenoxy) is 1. The molecular formula is C29H26N4O5. The fourth-order valence-electron chi connectivity index (χ4n) is 4.69. The number of amides is 2. The van der Waals surface area contributed by atoms with Crippen molar-refractivity contribution in [1.29, 1.82) is 0 Å². The Kier molecular flexibility index (Phi) is 7.17. The van der Waals surface area contributed by atoms with E-state index in [1.807, 2.05) is 66.7 Å². The first-order chi connectivity index (χ1) is 18.5. The van der Waals surface area contributed by atoms with E-state index in [9.17, 15) is 14.4 Å². The van der Waals surface area contributed by atoms with Crippen LogP contribution in [0.1, 0.15) is 39.5 Å². The Balaban J connectivity index is 1.22. The van der Waals surface area contributed by atoms with Gasteiger partial charge in [-0.2, -0.15) is 5.10 Å². The van der Waals surface area contributed by atoms with Gasteiger partial charge in [0.15, 0.2) is 5.82 Å². The van der Waals surface area contributed by atoms with Crippen LogP contribution in [0.25, 0.3) is 11.1 Å². The monoisotopic (exact) mass is 510 g/mol. The number of carboxylic acid groups (broad SMARTS) is 1. The molecule has 0 bridgehead atoms. The van der Waals surface area contributed by atoms with Crippen LogP contribution in [0.2, 0.25) is 0 Å². The zero-order chi connectivity index (χ0) is 26.5. The number of H-pyrrole nitrogens is 1. The van der Waals surface area contributed by atoms with Crippen LogP contribution in [-0.2, 0) is 16.1 Å². The molecule has 9 nitrogen and oxygen atoms in total. The van der Waals surface area contributed by atoms with Gasteiger partial charge < -0.3 is 14.7 Å². The number of rotatable bonds is 9. The standard InChI is InChI=1S/C29H26N4O5/c34-27(35)14-15-33(17-19-8-2-1-3-9-19)28(36)25-16-26(32-31-25)30-29(37)38-18-24-22-12-6-4-10-20(22)21-11-5-7-13-23(21)24/h1-13,16,24H,14-15,17-18H2,(H,34,35)(H2,30,31,32,37). The van der Waals surface area contributed by atoms with Gasteiger partial charge in [-0.1, -0.05) is 78.9 Å². The number of aromatic nitrogens is 2. The summed E-state index contributed by atoms with van der Waals surface area (Å²) >= 11 is 0. The molecule has 1 aliphatic rings. The molecule has 1 aliphatic carbocycles. The second-order valence-corrected chi connectivity index (χ2v) is 8.97. The second kappa shape index (κ2) is 11.0. The summed E-state index contributed by atoms with van der Waals surface area (Å²) < 4.78 is 5.54. The fourth-order valence-corrected chi connectivity index (χ4v) is 4.69. The Morgan fingerprint density at radius 2 is 1.55 bits per heavy atom. The SMILES string of the molecule is O=C(O)CCN(Cc1ccccc1)C(=O)c1cc(NC(=O)OCC2c3ccccc3-c3ccccc32)n[nH]1. The Hall–Kier alpha value is -4.92. The zero-order valence-electron chi connectivity index (χ0n) is 20.5. The number of benzene rings is 3. The van der Waals surface area contributed by atoms with Crippen LogP contribution in [0.3, 0.4) is 0 Å². The van der Waals surface area contributed by atoms with Gasteiger partial charge in [0.2, 0.25) is 0 Å². The summed E-state index contributed by atoms with van der Waals surface area (Å²) in [6.07, 6.45) is -0.887. The fraction of sp³-hybridized carbons (Fsp3) is 0.172. The Morgan fingerprint density at radius 3 is 2.21 bits per heavy atom. The van der Waals surface area contributed by atoms with E-state index in [1.165, 1.54) is 11.0 Å². The largest absolute Gasteiger partial charge is 0.481 e. The van der Waals surface area contributed by atoms with Crippen molar-refractivity contribution >= 4 is 23.8 Å². The zero-order valence-corrected chi connectivity index (χ0v) is 20.5. The molecule has 0 unspecified atom stereocenters. The Labute approximate surface area is 219 Å². The molecule has 1 aromatic heterocycles. The molecule has 3 N–H and O–H groups in total.